The molecular weight excluding hydrogens is 301 g/mol. The van der Waals surface area contributed by atoms with Crippen LogP contribution in [0.2, 0.25) is 0 Å². The largest absolute Gasteiger partial charge is 0.497 e. The summed E-state index contributed by atoms with van der Waals surface area (Å²) in [6.45, 7) is 0.992. The van der Waals surface area contributed by atoms with Gasteiger partial charge < -0.3 is 4.74 Å². The molecule has 24 heavy (non-hydrogen) atoms. The van der Waals surface area contributed by atoms with Gasteiger partial charge in [0.2, 0.25) is 0 Å². The molecule has 0 spiro atoms. The topological polar surface area (TPSA) is 12.5 Å². The number of hydrogen-bond donors (Lipinski definition) is 0. The second-order valence-corrected chi connectivity index (χ2v) is 6.73. The van der Waals surface area contributed by atoms with Crippen LogP contribution < -0.4 is 4.74 Å². The Hall–Kier alpha value is -2.13. The number of ether oxygens (including phenoxy) is 1. The van der Waals surface area contributed by atoms with Gasteiger partial charge in [0.15, 0.2) is 0 Å². The average molecular weight is 323 g/mol. The lowest BCUT2D eigenvalue weighted by Gasteiger charge is -2.34. The van der Waals surface area contributed by atoms with Crippen LogP contribution in [-0.4, -0.2) is 24.1 Å². The first kappa shape index (κ1) is 15.4. The van der Waals surface area contributed by atoms with Gasteiger partial charge in [-0.25, -0.2) is 4.39 Å². The molecule has 2 aliphatic rings. The van der Waals surface area contributed by atoms with Crippen molar-refractivity contribution in [3.05, 3.63) is 71.6 Å². The molecule has 2 unspecified atom stereocenters. The summed E-state index contributed by atoms with van der Waals surface area (Å²) in [6.07, 6.45) is 5.72. The predicted octanol–water partition coefficient (Wildman–Crippen LogP) is 4.65. The molecule has 0 radical (unpaired) electrons. The Kier molecular flexibility index (Phi) is 4.11. The molecule has 2 atom stereocenters. The van der Waals surface area contributed by atoms with E-state index in [0.29, 0.717) is 17.8 Å². The number of rotatable bonds is 4. The van der Waals surface area contributed by atoms with Crippen LogP contribution in [0, 0.1) is 5.82 Å². The number of methoxy groups -OCH3 is 1. The summed E-state index contributed by atoms with van der Waals surface area (Å²) in [5.41, 5.74) is 3.58. The molecule has 2 aliphatic heterocycles. The molecule has 0 N–H and O–H groups in total. The molecule has 3 heteroatoms. The zero-order valence-electron chi connectivity index (χ0n) is 13.9. The normalized spacial score (nSPS) is 23.2. The van der Waals surface area contributed by atoms with Crippen molar-refractivity contribution < 1.29 is 9.13 Å². The second-order valence-electron chi connectivity index (χ2n) is 6.73. The molecule has 0 amide bonds. The summed E-state index contributed by atoms with van der Waals surface area (Å²) in [5, 5.41) is 0. The zero-order valence-corrected chi connectivity index (χ0v) is 13.9. The first-order chi connectivity index (χ1) is 11.7. The van der Waals surface area contributed by atoms with Gasteiger partial charge in [-0.1, -0.05) is 36.4 Å². The molecule has 1 saturated heterocycles. The second kappa shape index (κ2) is 6.40. The quantitative estimate of drug-likeness (QED) is 0.812. The standard InChI is InChI=1S/C21H22FNO/c1-24-21-12-16(9-18(22)13-21)17-10-19-7-8-20(11-17)23(19)14-15-5-3-2-4-6-15/h2-6,9-10,12-13,19-20H,7-8,11,14H2,1H3. The Morgan fingerprint density at radius 2 is 1.96 bits per heavy atom. The van der Waals surface area contributed by atoms with Crippen molar-refractivity contribution in [1.82, 2.24) is 4.90 Å². The van der Waals surface area contributed by atoms with Crippen molar-refractivity contribution in [2.75, 3.05) is 7.11 Å². The van der Waals surface area contributed by atoms with Crippen molar-refractivity contribution in [2.24, 2.45) is 0 Å². The molecular formula is C21H22FNO. The van der Waals surface area contributed by atoms with Crippen molar-refractivity contribution >= 4 is 5.57 Å². The van der Waals surface area contributed by atoms with E-state index in [9.17, 15) is 4.39 Å². The predicted molar refractivity (Wildman–Crippen MR) is 94.3 cm³/mol. The smallest absolute Gasteiger partial charge is 0.127 e. The van der Waals surface area contributed by atoms with E-state index in [2.05, 4.69) is 41.3 Å². The highest BCUT2D eigenvalue weighted by Crippen LogP contribution is 2.40. The minimum absolute atomic E-state index is 0.232. The van der Waals surface area contributed by atoms with Gasteiger partial charge in [-0.15, -0.1) is 0 Å². The van der Waals surface area contributed by atoms with Gasteiger partial charge in [0.1, 0.15) is 11.6 Å². The number of hydrogen-bond acceptors (Lipinski definition) is 2. The molecule has 4 rings (SSSR count). The van der Waals surface area contributed by atoms with Crippen LogP contribution in [0.4, 0.5) is 4.39 Å². The molecule has 1 fully saturated rings. The Balaban J connectivity index is 1.59. The van der Waals surface area contributed by atoms with Crippen LogP contribution in [-0.2, 0) is 6.54 Å². The number of fused-ring (bicyclic) bond motifs is 2. The number of halogens is 1. The fraction of sp³-hybridized carbons (Fsp3) is 0.333. The van der Waals surface area contributed by atoms with Gasteiger partial charge in [0.25, 0.3) is 0 Å². The van der Waals surface area contributed by atoms with Gasteiger partial charge in [-0.3, -0.25) is 4.90 Å². The summed E-state index contributed by atoms with van der Waals surface area (Å²) in [5.74, 6) is 0.356. The third-order valence-corrected chi connectivity index (χ3v) is 5.23. The van der Waals surface area contributed by atoms with Crippen molar-refractivity contribution in [3.63, 3.8) is 0 Å². The highest BCUT2D eigenvalue weighted by Gasteiger charge is 2.36. The molecule has 2 aromatic carbocycles. The Bertz CT molecular complexity index is 756. The van der Waals surface area contributed by atoms with Gasteiger partial charge in [-0.05, 0) is 48.1 Å². The maximum atomic E-state index is 13.8. The lowest BCUT2D eigenvalue weighted by molar-refractivity contribution is 0.203. The number of benzene rings is 2. The van der Waals surface area contributed by atoms with Gasteiger partial charge >= 0.3 is 0 Å². The zero-order chi connectivity index (χ0) is 16.5. The van der Waals surface area contributed by atoms with E-state index in [1.165, 1.54) is 30.0 Å². The summed E-state index contributed by atoms with van der Waals surface area (Å²) < 4.78 is 19.0. The lowest BCUT2D eigenvalue weighted by atomic mass is 9.94. The van der Waals surface area contributed by atoms with Gasteiger partial charge in [0, 0.05) is 24.7 Å². The van der Waals surface area contributed by atoms with Crippen LogP contribution in [0.5, 0.6) is 5.75 Å². The van der Waals surface area contributed by atoms with E-state index < -0.39 is 0 Å². The van der Waals surface area contributed by atoms with Gasteiger partial charge in [-0.2, -0.15) is 0 Å². The van der Waals surface area contributed by atoms with Crippen molar-refractivity contribution in [3.8, 4) is 5.75 Å². The van der Waals surface area contributed by atoms with Crippen LogP contribution >= 0.6 is 0 Å². The molecule has 2 nitrogen and oxygen atoms in total. The van der Waals surface area contributed by atoms with Crippen LogP contribution in [0.15, 0.2) is 54.6 Å². The van der Waals surface area contributed by atoms with Crippen LogP contribution in [0.3, 0.4) is 0 Å². The van der Waals surface area contributed by atoms with Crippen LogP contribution in [0.25, 0.3) is 5.57 Å². The maximum absolute atomic E-state index is 13.8. The van der Waals surface area contributed by atoms with Gasteiger partial charge in [0.05, 0.1) is 7.11 Å². The fourth-order valence-electron chi connectivity index (χ4n) is 4.04. The van der Waals surface area contributed by atoms with E-state index in [4.69, 9.17) is 4.74 Å². The lowest BCUT2D eigenvalue weighted by Crippen LogP contribution is -2.37. The first-order valence-corrected chi connectivity index (χ1v) is 8.58. The third-order valence-electron chi connectivity index (χ3n) is 5.23. The van der Waals surface area contributed by atoms with Crippen molar-refractivity contribution in [2.45, 2.75) is 37.9 Å². The Morgan fingerprint density at radius 1 is 1.12 bits per heavy atom. The molecule has 2 heterocycles. The van der Waals surface area contributed by atoms with E-state index in [1.54, 1.807) is 13.2 Å². The van der Waals surface area contributed by atoms with Crippen molar-refractivity contribution in [1.29, 1.82) is 0 Å². The highest BCUT2D eigenvalue weighted by atomic mass is 19.1. The molecule has 124 valence electrons. The third kappa shape index (κ3) is 2.96. The molecule has 2 aromatic rings. The highest BCUT2D eigenvalue weighted by molar-refractivity contribution is 5.69. The molecule has 2 bridgehead atoms. The summed E-state index contributed by atoms with van der Waals surface area (Å²) in [6, 6.07) is 16.6. The summed E-state index contributed by atoms with van der Waals surface area (Å²) in [7, 11) is 1.58. The van der Waals surface area contributed by atoms with Crippen LogP contribution in [0.1, 0.15) is 30.4 Å². The maximum Gasteiger partial charge on any atom is 0.127 e. The summed E-state index contributed by atoms with van der Waals surface area (Å²) >= 11 is 0. The summed E-state index contributed by atoms with van der Waals surface area (Å²) in [4.78, 5) is 2.59. The van der Waals surface area contributed by atoms with E-state index >= 15 is 0 Å². The fourth-order valence-corrected chi connectivity index (χ4v) is 4.04. The monoisotopic (exact) mass is 323 g/mol. The van der Waals surface area contributed by atoms with E-state index in [0.717, 1.165) is 18.5 Å². The first-order valence-electron chi connectivity index (χ1n) is 8.58. The SMILES string of the molecule is COc1cc(F)cc(C2=CC3CCC(C2)N3Cc2ccccc2)c1. The molecule has 0 aromatic heterocycles. The van der Waals surface area contributed by atoms with E-state index in [1.807, 2.05) is 6.07 Å². The Morgan fingerprint density at radius 3 is 2.71 bits per heavy atom. The minimum Gasteiger partial charge on any atom is -0.497 e. The molecule has 0 saturated carbocycles. The number of nitrogens with zero attached hydrogens (tertiary/aromatic N) is 1. The Labute approximate surface area is 142 Å². The molecule has 0 aliphatic carbocycles. The minimum atomic E-state index is -0.232. The average Bonchev–Trinajstić information content (AvgIpc) is 2.83. The van der Waals surface area contributed by atoms with E-state index in [-0.39, 0.29) is 5.82 Å².